The maximum atomic E-state index is 13.5. The van der Waals surface area contributed by atoms with Gasteiger partial charge in [-0.1, -0.05) is 24.3 Å². The molecule has 0 amide bonds. The summed E-state index contributed by atoms with van der Waals surface area (Å²) >= 11 is 0. The molecule has 0 saturated carbocycles. The fourth-order valence-electron chi connectivity index (χ4n) is 2.91. The molecule has 3 aromatic carbocycles. The normalized spacial score (nSPS) is 11.0. The van der Waals surface area contributed by atoms with Crippen LogP contribution in [0, 0.1) is 5.82 Å². The number of sulfonamides is 1. The van der Waals surface area contributed by atoms with E-state index < -0.39 is 34.2 Å². The Balaban J connectivity index is 1.76. The van der Waals surface area contributed by atoms with E-state index in [1.54, 1.807) is 30.3 Å². The van der Waals surface area contributed by atoms with Gasteiger partial charge in [-0.15, -0.1) is 0 Å². The summed E-state index contributed by atoms with van der Waals surface area (Å²) in [7, 11) is -1.20. The molecule has 0 fully saturated rings. The lowest BCUT2D eigenvalue weighted by Crippen LogP contribution is -2.26. The van der Waals surface area contributed by atoms with Gasteiger partial charge < -0.3 is 9.47 Å². The summed E-state index contributed by atoms with van der Waals surface area (Å²) in [6.45, 7) is -0.667. The summed E-state index contributed by atoms with van der Waals surface area (Å²) < 4.78 is 50.5. The van der Waals surface area contributed by atoms with Crippen LogP contribution in [0.25, 0.3) is 0 Å². The van der Waals surface area contributed by atoms with Crippen LogP contribution in [0.4, 0.5) is 10.1 Å². The number of hydrogen-bond acceptors (Lipinski definition) is 6. The quantitative estimate of drug-likeness (QED) is 0.379. The van der Waals surface area contributed by atoms with Gasteiger partial charge in [-0.05, 0) is 48.5 Å². The molecular weight excluding hydrogens is 437 g/mol. The van der Waals surface area contributed by atoms with Gasteiger partial charge >= 0.3 is 5.97 Å². The predicted octanol–water partition coefficient (Wildman–Crippen LogP) is 3.70. The van der Waals surface area contributed by atoms with Crippen molar-refractivity contribution in [2.45, 2.75) is 4.90 Å². The van der Waals surface area contributed by atoms with Crippen LogP contribution in [0.1, 0.15) is 20.7 Å². The topological polar surface area (TPSA) is 90.0 Å². The fourth-order valence-corrected chi connectivity index (χ4v) is 4.15. The van der Waals surface area contributed by atoms with Crippen LogP contribution < -0.4 is 9.04 Å². The third-order valence-corrected chi connectivity index (χ3v) is 6.43. The average Bonchev–Trinajstić information content (AvgIpc) is 2.82. The Morgan fingerprint density at radius 2 is 1.69 bits per heavy atom. The Kier molecular flexibility index (Phi) is 6.89. The van der Waals surface area contributed by atoms with E-state index in [1.807, 2.05) is 0 Å². The van der Waals surface area contributed by atoms with Crippen molar-refractivity contribution in [1.29, 1.82) is 0 Å². The number of halogens is 1. The van der Waals surface area contributed by atoms with E-state index in [-0.39, 0.29) is 21.8 Å². The molecule has 0 atom stereocenters. The summed E-state index contributed by atoms with van der Waals surface area (Å²) in [5.74, 6) is -2.05. The molecule has 0 saturated heterocycles. The number of carbonyl (C=O) groups is 2. The van der Waals surface area contributed by atoms with Crippen molar-refractivity contribution in [2.24, 2.45) is 0 Å². The van der Waals surface area contributed by atoms with Gasteiger partial charge in [-0.2, -0.15) is 0 Å². The van der Waals surface area contributed by atoms with Crippen LogP contribution in [-0.2, 0) is 14.8 Å². The molecule has 0 aliphatic heterocycles. The molecule has 7 nitrogen and oxygen atoms in total. The fraction of sp³-hybridized carbons (Fsp3) is 0.130. The zero-order chi connectivity index (χ0) is 23.3. The maximum Gasteiger partial charge on any atom is 0.338 e. The summed E-state index contributed by atoms with van der Waals surface area (Å²) in [4.78, 5) is 24.7. The van der Waals surface area contributed by atoms with Crippen LogP contribution in [0.5, 0.6) is 5.75 Å². The zero-order valence-electron chi connectivity index (χ0n) is 17.3. The zero-order valence-corrected chi connectivity index (χ0v) is 18.1. The molecule has 0 bridgehead atoms. The Labute approximate surface area is 185 Å². The number of esters is 1. The SMILES string of the molecule is COc1ccc(F)cc1C(=O)COC(=O)c1cccc(S(=O)(=O)N(C)c2ccccc2)c1. The second kappa shape index (κ2) is 9.61. The van der Waals surface area contributed by atoms with Crippen molar-refractivity contribution in [3.8, 4) is 5.75 Å². The van der Waals surface area contributed by atoms with Gasteiger partial charge in [0.1, 0.15) is 11.6 Å². The third-order valence-electron chi connectivity index (χ3n) is 4.64. The van der Waals surface area contributed by atoms with Crippen molar-refractivity contribution < 1.29 is 31.9 Å². The number of para-hydroxylation sites is 1. The standard InChI is InChI=1S/C23H20FNO6S/c1-25(18-8-4-3-5-9-18)32(28,29)19-10-6-7-16(13-19)23(27)31-15-21(26)20-14-17(24)11-12-22(20)30-2/h3-14H,15H2,1-2H3. The smallest absolute Gasteiger partial charge is 0.338 e. The number of anilines is 1. The van der Waals surface area contributed by atoms with Crippen molar-refractivity contribution >= 4 is 27.5 Å². The first-order valence-corrected chi connectivity index (χ1v) is 10.9. The minimum absolute atomic E-state index is 0.0495. The van der Waals surface area contributed by atoms with E-state index in [0.29, 0.717) is 5.69 Å². The number of ether oxygens (including phenoxy) is 2. The van der Waals surface area contributed by atoms with Crippen LogP contribution in [0.15, 0.2) is 77.7 Å². The summed E-state index contributed by atoms with van der Waals surface area (Å²) in [6.07, 6.45) is 0. The molecule has 166 valence electrons. The molecule has 0 heterocycles. The van der Waals surface area contributed by atoms with Gasteiger partial charge in [0, 0.05) is 7.05 Å². The van der Waals surface area contributed by atoms with Crippen LogP contribution in [0.2, 0.25) is 0 Å². The number of benzene rings is 3. The Bertz CT molecular complexity index is 1240. The van der Waals surface area contributed by atoms with Gasteiger partial charge in [0.2, 0.25) is 5.78 Å². The third kappa shape index (κ3) is 4.94. The highest BCUT2D eigenvalue weighted by Crippen LogP contribution is 2.23. The lowest BCUT2D eigenvalue weighted by Gasteiger charge is -2.19. The average molecular weight is 457 g/mol. The van der Waals surface area contributed by atoms with E-state index in [9.17, 15) is 22.4 Å². The number of rotatable bonds is 8. The van der Waals surface area contributed by atoms with Crippen LogP contribution in [0.3, 0.4) is 0 Å². The number of methoxy groups -OCH3 is 1. The number of Topliss-reactive ketones (excluding diaryl/α,β-unsaturated/α-hetero) is 1. The van der Waals surface area contributed by atoms with Crippen molar-refractivity contribution in [3.63, 3.8) is 0 Å². The number of nitrogens with zero attached hydrogens (tertiary/aromatic N) is 1. The maximum absolute atomic E-state index is 13.5. The number of hydrogen-bond donors (Lipinski definition) is 0. The van der Waals surface area contributed by atoms with Gasteiger partial charge in [-0.25, -0.2) is 17.6 Å². The molecule has 0 aliphatic carbocycles. The van der Waals surface area contributed by atoms with Crippen molar-refractivity contribution in [2.75, 3.05) is 25.1 Å². The molecule has 0 aliphatic rings. The van der Waals surface area contributed by atoms with E-state index in [0.717, 1.165) is 16.4 Å². The molecule has 9 heteroatoms. The first kappa shape index (κ1) is 23.0. The highest BCUT2D eigenvalue weighted by molar-refractivity contribution is 7.92. The molecule has 32 heavy (non-hydrogen) atoms. The van der Waals surface area contributed by atoms with Crippen molar-refractivity contribution in [1.82, 2.24) is 0 Å². The molecule has 0 spiro atoms. The number of carbonyl (C=O) groups excluding carboxylic acids is 2. The van der Waals surface area contributed by atoms with Crippen LogP contribution in [-0.4, -0.2) is 40.9 Å². The lowest BCUT2D eigenvalue weighted by molar-refractivity contribution is 0.0473. The van der Waals surface area contributed by atoms with Gasteiger partial charge in [0.25, 0.3) is 10.0 Å². The first-order valence-electron chi connectivity index (χ1n) is 9.42. The Morgan fingerprint density at radius 3 is 2.38 bits per heavy atom. The van der Waals surface area contributed by atoms with E-state index in [4.69, 9.17) is 9.47 Å². The molecule has 0 N–H and O–H groups in total. The monoisotopic (exact) mass is 457 g/mol. The summed E-state index contributed by atoms with van der Waals surface area (Å²) in [6, 6.07) is 17.2. The predicted molar refractivity (Wildman–Crippen MR) is 116 cm³/mol. The summed E-state index contributed by atoms with van der Waals surface area (Å²) in [5, 5.41) is 0. The highest BCUT2D eigenvalue weighted by atomic mass is 32.2. The molecule has 3 aromatic rings. The summed E-state index contributed by atoms with van der Waals surface area (Å²) in [5.41, 5.74) is 0.336. The van der Waals surface area contributed by atoms with Gasteiger partial charge in [0.15, 0.2) is 6.61 Å². The highest BCUT2D eigenvalue weighted by Gasteiger charge is 2.23. The number of ketones is 1. The Hall–Kier alpha value is -3.72. The lowest BCUT2D eigenvalue weighted by atomic mass is 10.1. The molecule has 0 unspecified atom stereocenters. The first-order chi connectivity index (χ1) is 15.2. The van der Waals surface area contributed by atoms with Crippen LogP contribution >= 0.6 is 0 Å². The largest absolute Gasteiger partial charge is 0.496 e. The van der Waals surface area contributed by atoms with E-state index in [2.05, 4.69) is 0 Å². The van der Waals surface area contributed by atoms with Gasteiger partial charge in [-0.3, -0.25) is 9.10 Å². The minimum atomic E-state index is -3.94. The van der Waals surface area contributed by atoms with E-state index in [1.165, 1.54) is 44.5 Å². The molecule has 0 radical (unpaired) electrons. The minimum Gasteiger partial charge on any atom is -0.496 e. The second-order valence-corrected chi connectivity index (χ2v) is 8.65. The second-order valence-electron chi connectivity index (χ2n) is 6.68. The van der Waals surface area contributed by atoms with Crippen molar-refractivity contribution in [3.05, 3.63) is 89.7 Å². The van der Waals surface area contributed by atoms with E-state index >= 15 is 0 Å². The van der Waals surface area contributed by atoms with Gasteiger partial charge in [0.05, 0.1) is 28.8 Å². The Morgan fingerprint density at radius 1 is 0.969 bits per heavy atom. The molecular formula is C23H20FNO6S. The molecule has 0 aromatic heterocycles. The molecule has 3 rings (SSSR count).